The first-order valence-electron chi connectivity index (χ1n) is 8.16. The van der Waals surface area contributed by atoms with E-state index in [9.17, 15) is 29.8 Å². The molecule has 0 fully saturated rings. The summed E-state index contributed by atoms with van der Waals surface area (Å²) in [6.45, 7) is 4.64. The fourth-order valence-corrected chi connectivity index (χ4v) is 2.06. The minimum atomic E-state index is -0.842. The van der Waals surface area contributed by atoms with Crippen LogP contribution < -0.4 is 4.84 Å². The third-order valence-electron chi connectivity index (χ3n) is 3.38. The molecule has 0 saturated carbocycles. The van der Waals surface area contributed by atoms with Gasteiger partial charge in [-0.2, -0.15) is 5.06 Å². The molecule has 0 aliphatic heterocycles. The molecule has 1 aromatic carbocycles. The quantitative estimate of drug-likeness (QED) is 0.341. The van der Waals surface area contributed by atoms with Gasteiger partial charge in [0, 0.05) is 13.0 Å². The molecule has 0 aliphatic carbocycles. The standard InChI is InChI=1S/C16H21N3O8/c1-11(2)5-4-8-17(16(21)10-26-12(3)20)27-15-7-6-13(18(22)23)9-14(15)19(24)25/h6-7,9,11H,4-5,8,10H2,1-3H3. The smallest absolute Gasteiger partial charge is 0.321 e. The summed E-state index contributed by atoms with van der Waals surface area (Å²) in [5.41, 5.74) is -1.13. The molecule has 0 aromatic heterocycles. The lowest BCUT2D eigenvalue weighted by molar-refractivity contribution is -0.395. The number of nitrogens with zero attached hydrogens (tertiary/aromatic N) is 3. The van der Waals surface area contributed by atoms with Gasteiger partial charge < -0.3 is 9.57 Å². The normalized spacial score (nSPS) is 10.4. The zero-order chi connectivity index (χ0) is 20.6. The molecule has 1 amide bonds. The molecule has 1 rings (SSSR count). The molecule has 11 heteroatoms. The van der Waals surface area contributed by atoms with Crippen molar-refractivity contribution < 1.29 is 29.0 Å². The van der Waals surface area contributed by atoms with E-state index in [0.717, 1.165) is 36.6 Å². The second kappa shape index (κ2) is 10.0. The first-order chi connectivity index (χ1) is 12.6. The summed E-state index contributed by atoms with van der Waals surface area (Å²) in [5.74, 6) is -1.33. The van der Waals surface area contributed by atoms with Crippen molar-refractivity contribution in [3.05, 3.63) is 38.4 Å². The van der Waals surface area contributed by atoms with E-state index < -0.39 is 39.7 Å². The van der Waals surface area contributed by atoms with Crippen LogP contribution >= 0.6 is 0 Å². The third-order valence-corrected chi connectivity index (χ3v) is 3.38. The lowest BCUT2D eigenvalue weighted by Crippen LogP contribution is -2.38. The van der Waals surface area contributed by atoms with E-state index in [-0.39, 0.29) is 12.3 Å². The minimum Gasteiger partial charge on any atom is -0.456 e. The number of nitro benzene ring substituents is 2. The maximum Gasteiger partial charge on any atom is 0.321 e. The van der Waals surface area contributed by atoms with Crippen LogP contribution in [0.1, 0.15) is 33.6 Å². The number of hydrogen-bond donors (Lipinski definition) is 0. The van der Waals surface area contributed by atoms with E-state index in [1.807, 2.05) is 13.8 Å². The number of amides is 1. The highest BCUT2D eigenvalue weighted by Gasteiger charge is 2.25. The summed E-state index contributed by atoms with van der Waals surface area (Å²) in [6, 6.07) is 2.83. The van der Waals surface area contributed by atoms with Gasteiger partial charge in [-0.15, -0.1) is 0 Å². The Balaban J connectivity index is 3.04. The van der Waals surface area contributed by atoms with Gasteiger partial charge in [-0.25, -0.2) is 0 Å². The number of ether oxygens (including phenoxy) is 1. The topological polar surface area (TPSA) is 142 Å². The maximum atomic E-state index is 12.2. The van der Waals surface area contributed by atoms with Crippen LogP contribution in [0.25, 0.3) is 0 Å². The fourth-order valence-electron chi connectivity index (χ4n) is 2.06. The van der Waals surface area contributed by atoms with Gasteiger partial charge in [0.2, 0.25) is 5.75 Å². The third kappa shape index (κ3) is 7.26. The molecule has 0 atom stereocenters. The van der Waals surface area contributed by atoms with Crippen LogP contribution in [0.15, 0.2) is 18.2 Å². The van der Waals surface area contributed by atoms with Crippen LogP contribution in [0.4, 0.5) is 11.4 Å². The Morgan fingerprint density at radius 2 is 1.85 bits per heavy atom. The van der Waals surface area contributed by atoms with Crippen LogP contribution in [-0.4, -0.2) is 39.9 Å². The molecular weight excluding hydrogens is 362 g/mol. The van der Waals surface area contributed by atoms with E-state index in [4.69, 9.17) is 4.84 Å². The predicted molar refractivity (Wildman–Crippen MR) is 92.8 cm³/mol. The highest BCUT2D eigenvalue weighted by atomic mass is 16.7. The number of hydrogen-bond acceptors (Lipinski definition) is 8. The molecular formula is C16H21N3O8. The van der Waals surface area contributed by atoms with E-state index in [0.29, 0.717) is 12.3 Å². The van der Waals surface area contributed by atoms with Gasteiger partial charge in [-0.3, -0.25) is 29.8 Å². The number of esters is 1. The van der Waals surface area contributed by atoms with Crippen molar-refractivity contribution in [1.29, 1.82) is 0 Å². The summed E-state index contributed by atoms with van der Waals surface area (Å²) in [4.78, 5) is 48.8. The van der Waals surface area contributed by atoms with E-state index in [2.05, 4.69) is 4.74 Å². The molecule has 0 aliphatic rings. The number of hydroxylamine groups is 2. The van der Waals surface area contributed by atoms with Crippen LogP contribution in [0, 0.1) is 26.1 Å². The molecule has 1 aromatic rings. The highest BCUT2D eigenvalue weighted by molar-refractivity contribution is 5.79. The first-order valence-corrected chi connectivity index (χ1v) is 8.16. The van der Waals surface area contributed by atoms with Gasteiger partial charge in [0.25, 0.3) is 11.6 Å². The average molecular weight is 383 g/mol. The Bertz CT molecular complexity index is 720. The Morgan fingerprint density at radius 1 is 1.19 bits per heavy atom. The molecule has 0 radical (unpaired) electrons. The first kappa shape index (κ1) is 21.8. The van der Waals surface area contributed by atoms with E-state index >= 15 is 0 Å². The zero-order valence-electron chi connectivity index (χ0n) is 15.2. The Morgan fingerprint density at radius 3 is 2.37 bits per heavy atom. The zero-order valence-corrected chi connectivity index (χ0v) is 15.2. The Kier molecular flexibility index (Phi) is 8.11. The lowest BCUT2D eigenvalue weighted by atomic mass is 10.1. The molecule has 0 heterocycles. The summed E-state index contributed by atoms with van der Waals surface area (Å²) in [7, 11) is 0. The molecule has 0 N–H and O–H groups in total. The number of carbonyl (C=O) groups excluding carboxylic acids is 2. The molecule has 0 saturated heterocycles. The van der Waals surface area contributed by atoms with Gasteiger partial charge in [-0.1, -0.05) is 13.8 Å². The summed E-state index contributed by atoms with van der Waals surface area (Å²) in [6.07, 6.45) is 1.31. The van der Waals surface area contributed by atoms with Gasteiger partial charge in [0.15, 0.2) is 6.61 Å². The molecule has 0 spiro atoms. The fraction of sp³-hybridized carbons (Fsp3) is 0.500. The van der Waals surface area contributed by atoms with Crippen LogP contribution in [0.2, 0.25) is 0 Å². The Labute approximate surface area is 155 Å². The number of benzene rings is 1. The van der Waals surface area contributed by atoms with Gasteiger partial charge in [-0.05, 0) is 24.8 Å². The average Bonchev–Trinajstić information content (AvgIpc) is 2.58. The van der Waals surface area contributed by atoms with Crippen LogP contribution in [0.3, 0.4) is 0 Å². The van der Waals surface area contributed by atoms with Crippen molar-refractivity contribution in [1.82, 2.24) is 5.06 Å². The second-order valence-corrected chi connectivity index (χ2v) is 6.07. The van der Waals surface area contributed by atoms with Gasteiger partial charge in [0.05, 0.1) is 22.5 Å². The van der Waals surface area contributed by atoms with Crippen molar-refractivity contribution in [3.8, 4) is 5.75 Å². The molecule has 0 bridgehead atoms. The van der Waals surface area contributed by atoms with Gasteiger partial charge in [0.1, 0.15) is 0 Å². The number of nitro groups is 2. The molecule has 148 valence electrons. The predicted octanol–water partition coefficient (Wildman–Crippen LogP) is 2.62. The summed E-state index contributed by atoms with van der Waals surface area (Å²) in [5, 5.41) is 22.9. The monoisotopic (exact) mass is 383 g/mol. The van der Waals surface area contributed by atoms with Crippen molar-refractivity contribution in [2.45, 2.75) is 33.6 Å². The maximum absolute atomic E-state index is 12.2. The number of non-ortho nitro benzene ring substituents is 1. The van der Waals surface area contributed by atoms with Gasteiger partial charge >= 0.3 is 11.7 Å². The largest absolute Gasteiger partial charge is 0.456 e. The SMILES string of the molecule is CC(=O)OCC(=O)N(CCCC(C)C)Oc1ccc([N+](=O)[O-])cc1[N+](=O)[O-]. The lowest BCUT2D eigenvalue weighted by Gasteiger charge is -2.22. The van der Waals surface area contributed by atoms with Crippen molar-refractivity contribution in [2.75, 3.05) is 13.2 Å². The van der Waals surface area contributed by atoms with Crippen molar-refractivity contribution in [3.63, 3.8) is 0 Å². The number of carbonyl (C=O) groups is 2. The second-order valence-electron chi connectivity index (χ2n) is 6.07. The summed E-state index contributed by atoms with van der Waals surface area (Å²) < 4.78 is 4.64. The summed E-state index contributed by atoms with van der Waals surface area (Å²) >= 11 is 0. The van der Waals surface area contributed by atoms with Crippen molar-refractivity contribution >= 4 is 23.3 Å². The highest BCUT2D eigenvalue weighted by Crippen LogP contribution is 2.31. The van der Waals surface area contributed by atoms with Crippen LogP contribution in [-0.2, 0) is 14.3 Å². The molecule has 0 unspecified atom stereocenters. The van der Waals surface area contributed by atoms with E-state index in [1.54, 1.807) is 0 Å². The number of rotatable bonds is 10. The molecule has 11 nitrogen and oxygen atoms in total. The van der Waals surface area contributed by atoms with Crippen LogP contribution in [0.5, 0.6) is 5.75 Å². The van der Waals surface area contributed by atoms with Crippen molar-refractivity contribution in [2.24, 2.45) is 5.92 Å². The minimum absolute atomic E-state index is 0.104. The van der Waals surface area contributed by atoms with E-state index in [1.165, 1.54) is 0 Å². The molecule has 27 heavy (non-hydrogen) atoms. The Hall–Kier alpha value is -3.24.